The first kappa shape index (κ1) is 12.3. The zero-order valence-corrected chi connectivity index (χ0v) is 10.9. The van der Waals surface area contributed by atoms with Crippen LogP contribution < -0.4 is 0 Å². The summed E-state index contributed by atoms with van der Waals surface area (Å²) in [7, 11) is 0. The van der Waals surface area contributed by atoms with Crippen LogP contribution in [0.15, 0.2) is 42.5 Å². The van der Waals surface area contributed by atoms with Crippen molar-refractivity contribution in [2.45, 2.75) is 13.5 Å². The standard InChI is InChI=1S/C15H13N3O2/c1-10-3-2-4-11(7-10)12-5-6-13-14(8-12)17-18(16-13)9-15(19)20/h2-8H,9H2,1H3,(H,19,20). The van der Waals surface area contributed by atoms with E-state index in [0.717, 1.165) is 11.1 Å². The molecule has 0 spiro atoms. The Bertz CT molecular complexity index is 793. The Morgan fingerprint density at radius 1 is 1.10 bits per heavy atom. The van der Waals surface area contributed by atoms with E-state index in [1.165, 1.54) is 10.4 Å². The summed E-state index contributed by atoms with van der Waals surface area (Å²) in [5.74, 6) is -0.954. The molecule has 20 heavy (non-hydrogen) atoms. The summed E-state index contributed by atoms with van der Waals surface area (Å²) in [5.41, 5.74) is 4.74. The number of carbonyl (C=O) groups is 1. The molecule has 1 heterocycles. The molecule has 3 rings (SSSR count). The molecule has 0 aliphatic heterocycles. The predicted octanol–water partition coefficient (Wildman–Crippen LogP) is 2.49. The van der Waals surface area contributed by atoms with Gasteiger partial charge < -0.3 is 5.11 Å². The van der Waals surface area contributed by atoms with Gasteiger partial charge in [0.2, 0.25) is 0 Å². The second-order valence-electron chi connectivity index (χ2n) is 4.70. The van der Waals surface area contributed by atoms with Crippen molar-refractivity contribution in [2.75, 3.05) is 0 Å². The molecule has 0 unspecified atom stereocenters. The Labute approximate surface area is 115 Å². The van der Waals surface area contributed by atoms with Gasteiger partial charge in [0.1, 0.15) is 11.0 Å². The van der Waals surface area contributed by atoms with Crippen LogP contribution in [-0.2, 0) is 11.3 Å². The maximum absolute atomic E-state index is 10.7. The van der Waals surface area contributed by atoms with Gasteiger partial charge in [-0.05, 0) is 30.2 Å². The molecular weight excluding hydrogens is 254 g/mol. The average Bonchev–Trinajstić information content (AvgIpc) is 2.78. The Morgan fingerprint density at radius 3 is 2.60 bits per heavy atom. The molecule has 5 heteroatoms. The van der Waals surface area contributed by atoms with Crippen molar-refractivity contribution < 1.29 is 9.90 Å². The number of aryl methyl sites for hydroxylation is 1. The van der Waals surface area contributed by atoms with Crippen molar-refractivity contribution in [3.05, 3.63) is 48.0 Å². The molecule has 0 atom stereocenters. The van der Waals surface area contributed by atoms with E-state index < -0.39 is 5.97 Å². The highest BCUT2D eigenvalue weighted by atomic mass is 16.4. The molecule has 0 fully saturated rings. The lowest BCUT2D eigenvalue weighted by Crippen LogP contribution is -2.11. The molecular formula is C15H13N3O2. The molecule has 3 aromatic rings. The molecule has 2 aromatic carbocycles. The lowest BCUT2D eigenvalue weighted by molar-refractivity contribution is -0.138. The third-order valence-corrected chi connectivity index (χ3v) is 3.05. The molecule has 0 saturated carbocycles. The second kappa shape index (κ2) is 4.77. The molecule has 0 aliphatic rings. The van der Waals surface area contributed by atoms with Crippen LogP contribution in [0.4, 0.5) is 0 Å². The SMILES string of the molecule is Cc1cccc(-c2ccc3nn(CC(=O)O)nc3c2)c1. The lowest BCUT2D eigenvalue weighted by Gasteiger charge is -2.02. The van der Waals surface area contributed by atoms with E-state index >= 15 is 0 Å². The molecule has 0 aliphatic carbocycles. The van der Waals surface area contributed by atoms with Crippen LogP contribution in [0.5, 0.6) is 0 Å². The number of hydrogen-bond donors (Lipinski definition) is 1. The van der Waals surface area contributed by atoms with Gasteiger partial charge in [-0.15, -0.1) is 0 Å². The van der Waals surface area contributed by atoms with Crippen molar-refractivity contribution >= 4 is 17.0 Å². The first-order chi connectivity index (χ1) is 9.61. The van der Waals surface area contributed by atoms with Gasteiger partial charge in [0, 0.05) is 0 Å². The summed E-state index contributed by atoms with van der Waals surface area (Å²) >= 11 is 0. The quantitative estimate of drug-likeness (QED) is 0.791. The summed E-state index contributed by atoms with van der Waals surface area (Å²) in [6, 6.07) is 13.9. The van der Waals surface area contributed by atoms with Crippen molar-refractivity contribution in [1.82, 2.24) is 15.0 Å². The van der Waals surface area contributed by atoms with E-state index in [0.29, 0.717) is 11.0 Å². The number of aliphatic carboxylic acids is 1. The summed E-state index contributed by atoms with van der Waals surface area (Å²) in [5, 5.41) is 17.1. The highest BCUT2D eigenvalue weighted by Crippen LogP contribution is 2.23. The number of carboxylic acid groups (broad SMARTS) is 1. The molecule has 100 valence electrons. The third kappa shape index (κ3) is 2.38. The fourth-order valence-corrected chi connectivity index (χ4v) is 2.16. The fraction of sp³-hybridized carbons (Fsp3) is 0.133. The van der Waals surface area contributed by atoms with Crippen molar-refractivity contribution in [1.29, 1.82) is 0 Å². The van der Waals surface area contributed by atoms with Gasteiger partial charge in [0.25, 0.3) is 0 Å². The van der Waals surface area contributed by atoms with Crippen LogP contribution in [0.2, 0.25) is 0 Å². The number of nitrogens with zero attached hydrogens (tertiary/aromatic N) is 3. The Balaban J connectivity index is 2.04. The van der Waals surface area contributed by atoms with Crippen LogP contribution in [0, 0.1) is 6.92 Å². The predicted molar refractivity (Wildman–Crippen MR) is 75.3 cm³/mol. The van der Waals surface area contributed by atoms with Gasteiger partial charge in [0.15, 0.2) is 6.54 Å². The minimum absolute atomic E-state index is 0.228. The minimum Gasteiger partial charge on any atom is -0.480 e. The maximum atomic E-state index is 10.7. The number of aromatic nitrogens is 3. The van der Waals surface area contributed by atoms with E-state index in [2.05, 4.69) is 16.3 Å². The van der Waals surface area contributed by atoms with E-state index in [-0.39, 0.29) is 6.54 Å². The van der Waals surface area contributed by atoms with Gasteiger partial charge in [-0.1, -0.05) is 35.9 Å². The molecule has 1 N–H and O–H groups in total. The second-order valence-corrected chi connectivity index (χ2v) is 4.70. The summed E-state index contributed by atoms with van der Waals surface area (Å²) < 4.78 is 0. The number of hydrogen-bond acceptors (Lipinski definition) is 3. The zero-order chi connectivity index (χ0) is 14.1. The van der Waals surface area contributed by atoms with Crippen LogP contribution in [0.25, 0.3) is 22.2 Å². The third-order valence-electron chi connectivity index (χ3n) is 3.05. The fourth-order valence-electron chi connectivity index (χ4n) is 2.16. The van der Waals surface area contributed by atoms with Crippen LogP contribution in [0.3, 0.4) is 0 Å². The van der Waals surface area contributed by atoms with Crippen molar-refractivity contribution in [3.8, 4) is 11.1 Å². The smallest absolute Gasteiger partial charge is 0.327 e. The van der Waals surface area contributed by atoms with Gasteiger partial charge in [-0.25, -0.2) is 0 Å². The molecule has 0 radical (unpaired) electrons. The van der Waals surface area contributed by atoms with Crippen LogP contribution in [-0.4, -0.2) is 26.1 Å². The van der Waals surface area contributed by atoms with Gasteiger partial charge in [0.05, 0.1) is 0 Å². The summed E-state index contributed by atoms with van der Waals surface area (Å²) in [4.78, 5) is 11.9. The molecule has 5 nitrogen and oxygen atoms in total. The van der Waals surface area contributed by atoms with Gasteiger partial charge in [-0.2, -0.15) is 15.0 Å². The topological polar surface area (TPSA) is 68.0 Å². The first-order valence-corrected chi connectivity index (χ1v) is 6.25. The number of benzene rings is 2. The number of rotatable bonds is 3. The minimum atomic E-state index is -0.954. The van der Waals surface area contributed by atoms with Crippen molar-refractivity contribution in [2.24, 2.45) is 0 Å². The van der Waals surface area contributed by atoms with E-state index in [4.69, 9.17) is 5.11 Å². The largest absolute Gasteiger partial charge is 0.480 e. The van der Waals surface area contributed by atoms with Crippen LogP contribution in [0.1, 0.15) is 5.56 Å². The Morgan fingerprint density at radius 2 is 1.85 bits per heavy atom. The highest BCUT2D eigenvalue weighted by Gasteiger charge is 2.07. The average molecular weight is 267 g/mol. The maximum Gasteiger partial charge on any atom is 0.327 e. The lowest BCUT2D eigenvalue weighted by atomic mass is 10.0. The van der Waals surface area contributed by atoms with Gasteiger partial charge >= 0.3 is 5.97 Å². The van der Waals surface area contributed by atoms with E-state index in [1.807, 2.05) is 43.3 Å². The van der Waals surface area contributed by atoms with E-state index in [1.54, 1.807) is 0 Å². The normalized spacial score (nSPS) is 10.8. The first-order valence-electron chi connectivity index (χ1n) is 6.25. The molecule has 1 aromatic heterocycles. The van der Waals surface area contributed by atoms with Crippen molar-refractivity contribution in [3.63, 3.8) is 0 Å². The Hall–Kier alpha value is -2.69. The van der Waals surface area contributed by atoms with E-state index in [9.17, 15) is 4.79 Å². The molecule has 0 saturated heterocycles. The monoisotopic (exact) mass is 267 g/mol. The summed E-state index contributed by atoms with van der Waals surface area (Å²) in [6.07, 6.45) is 0. The molecule has 0 amide bonds. The number of carboxylic acids is 1. The molecule has 0 bridgehead atoms. The zero-order valence-electron chi connectivity index (χ0n) is 10.9. The summed E-state index contributed by atoms with van der Waals surface area (Å²) in [6.45, 7) is 1.82. The van der Waals surface area contributed by atoms with Crippen LogP contribution >= 0.6 is 0 Å². The van der Waals surface area contributed by atoms with Gasteiger partial charge in [-0.3, -0.25) is 4.79 Å². The number of fused-ring (bicyclic) bond motifs is 1. The highest BCUT2D eigenvalue weighted by molar-refractivity contribution is 5.81. The Kier molecular flexibility index (Phi) is 2.95.